The molecular formula is C18H24N4O2S. The Hall–Kier alpha value is -1.99. The molecule has 1 atom stereocenters. The van der Waals surface area contributed by atoms with Gasteiger partial charge >= 0.3 is 0 Å². The van der Waals surface area contributed by atoms with Crippen LogP contribution >= 0.6 is 11.5 Å². The maximum atomic E-state index is 13.0. The first-order valence-corrected chi connectivity index (χ1v) is 9.41. The molecule has 1 aliphatic heterocycles. The zero-order valence-electron chi connectivity index (χ0n) is 14.6. The van der Waals surface area contributed by atoms with E-state index in [1.165, 1.54) is 11.5 Å². The molecule has 1 amide bonds. The minimum absolute atomic E-state index is 0.0912. The zero-order valence-corrected chi connectivity index (χ0v) is 15.5. The molecule has 6 nitrogen and oxygen atoms in total. The fraction of sp³-hybridized carbons (Fsp3) is 0.500. The largest absolute Gasteiger partial charge is 0.378 e. The van der Waals surface area contributed by atoms with E-state index >= 15 is 0 Å². The summed E-state index contributed by atoms with van der Waals surface area (Å²) in [5.41, 5.74) is 1.12. The molecule has 1 aliphatic rings. The van der Waals surface area contributed by atoms with Crippen molar-refractivity contribution >= 4 is 22.6 Å². The number of aromatic nitrogens is 2. The van der Waals surface area contributed by atoms with Crippen molar-refractivity contribution in [2.24, 2.45) is 0 Å². The minimum Gasteiger partial charge on any atom is -0.378 e. The Morgan fingerprint density at radius 1 is 1.28 bits per heavy atom. The van der Waals surface area contributed by atoms with Crippen LogP contribution in [-0.4, -0.2) is 52.5 Å². The SMILES string of the molecule is CC(C)c1nsc(NC(Cc2ccccc2)C(=O)N2CCOCC2)n1. The third-order valence-electron chi connectivity index (χ3n) is 4.16. The Morgan fingerprint density at radius 3 is 2.64 bits per heavy atom. The number of nitrogens with zero attached hydrogens (tertiary/aromatic N) is 3. The van der Waals surface area contributed by atoms with Crippen molar-refractivity contribution in [2.75, 3.05) is 31.6 Å². The summed E-state index contributed by atoms with van der Waals surface area (Å²) in [5, 5.41) is 4.01. The van der Waals surface area contributed by atoms with Crippen molar-refractivity contribution < 1.29 is 9.53 Å². The monoisotopic (exact) mass is 360 g/mol. The Bertz CT molecular complexity index is 683. The fourth-order valence-electron chi connectivity index (χ4n) is 2.73. The second kappa shape index (κ2) is 8.40. The van der Waals surface area contributed by atoms with Crippen LogP contribution < -0.4 is 5.32 Å². The van der Waals surface area contributed by atoms with Gasteiger partial charge in [-0.05, 0) is 5.56 Å². The van der Waals surface area contributed by atoms with Gasteiger partial charge in [0.2, 0.25) is 11.0 Å². The van der Waals surface area contributed by atoms with Crippen molar-refractivity contribution in [3.8, 4) is 0 Å². The quantitative estimate of drug-likeness (QED) is 0.857. The number of carbonyl (C=O) groups is 1. The molecule has 0 saturated carbocycles. The highest BCUT2D eigenvalue weighted by Crippen LogP contribution is 2.20. The molecule has 0 radical (unpaired) electrons. The Morgan fingerprint density at radius 2 is 2.00 bits per heavy atom. The molecule has 0 bridgehead atoms. The second-order valence-electron chi connectivity index (χ2n) is 6.44. The summed E-state index contributed by atoms with van der Waals surface area (Å²) >= 11 is 1.31. The lowest BCUT2D eigenvalue weighted by atomic mass is 10.0. The van der Waals surface area contributed by atoms with Crippen LogP contribution in [0.25, 0.3) is 0 Å². The van der Waals surface area contributed by atoms with Crippen LogP contribution in [0, 0.1) is 0 Å². The van der Waals surface area contributed by atoms with Gasteiger partial charge in [-0.3, -0.25) is 4.79 Å². The maximum absolute atomic E-state index is 13.0. The number of morpholine rings is 1. The molecule has 3 rings (SSSR count). The molecule has 1 saturated heterocycles. The van der Waals surface area contributed by atoms with Crippen LogP contribution in [0.1, 0.15) is 31.2 Å². The Balaban J connectivity index is 1.76. The Kier molecular flexibility index (Phi) is 5.99. The number of carbonyl (C=O) groups excluding carboxylic acids is 1. The lowest BCUT2D eigenvalue weighted by molar-refractivity contribution is -0.136. The number of amides is 1. The van der Waals surface area contributed by atoms with Crippen molar-refractivity contribution in [3.63, 3.8) is 0 Å². The van der Waals surface area contributed by atoms with Gasteiger partial charge in [0.1, 0.15) is 11.9 Å². The summed E-state index contributed by atoms with van der Waals surface area (Å²) in [4.78, 5) is 19.4. The van der Waals surface area contributed by atoms with E-state index in [2.05, 4.69) is 28.5 Å². The average molecular weight is 360 g/mol. The fourth-order valence-corrected chi connectivity index (χ4v) is 3.49. The Labute approximate surface area is 152 Å². The first-order valence-electron chi connectivity index (χ1n) is 8.64. The van der Waals surface area contributed by atoms with Crippen LogP contribution in [0.5, 0.6) is 0 Å². The van der Waals surface area contributed by atoms with Gasteiger partial charge in [0.15, 0.2) is 0 Å². The van der Waals surface area contributed by atoms with Gasteiger partial charge in [-0.15, -0.1) is 0 Å². The summed E-state index contributed by atoms with van der Waals surface area (Å²) in [6.45, 7) is 6.59. The van der Waals surface area contributed by atoms with Crippen LogP contribution in [0.4, 0.5) is 5.13 Å². The summed E-state index contributed by atoms with van der Waals surface area (Å²) in [7, 11) is 0. The standard InChI is InChI=1S/C18H24N4O2S/c1-13(2)16-20-18(25-21-16)19-15(12-14-6-4-3-5-7-14)17(23)22-8-10-24-11-9-22/h3-7,13,15H,8-12H2,1-2H3,(H,19,20,21). The minimum atomic E-state index is -0.353. The summed E-state index contributed by atoms with van der Waals surface area (Å²) < 4.78 is 9.73. The lowest BCUT2D eigenvalue weighted by Crippen LogP contribution is -2.48. The molecule has 7 heteroatoms. The van der Waals surface area contributed by atoms with Crippen molar-refractivity contribution in [1.82, 2.24) is 14.3 Å². The van der Waals surface area contributed by atoms with Gasteiger partial charge in [0.05, 0.1) is 13.2 Å². The molecule has 1 fully saturated rings. The second-order valence-corrected chi connectivity index (χ2v) is 7.19. The lowest BCUT2D eigenvalue weighted by Gasteiger charge is -2.30. The maximum Gasteiger partial charge on any atom is 0.245 e. The normalized spacial score (nSPS) is 16.0. The van der Waals surface area contributed by atoms with Gasteiger partial charge in [-0.25, -0.2) is 4.98 Å². The van der Waals surface area contributed by atoms with E-state index in [1.807, 2.05) is 35.2 Å². The molecule has 1 unspecified atom stereocenters. The molecule has 1 aromatic heterocycles. The summed E-state index contributed by atoms with van der Waals surface area (Å²) in [6.07, 6.45) is 0.619. The van der Waals surface area contributed by atoms with E-state index in [-0.39, 0.29) is 17.9 Å². The van der Waals surface area contributed by atoms with Crippen LogP contribution in [0.2, 0.25) is 0 Å². The predicted molar refractivity (Wildman–Crippen MR) is 99.0 cm³/mol. The molecule has 1 aromatic carbocycles. The van der Waals surface area contributed by atoms with E-state index in [4.69, 9.17) is 4.74 Å². The summed E-state index contributed by atoms with van der Waals surface area (Å²) in [6, 6.07) is 9.70. The van der Waals surface area contributed by atoms with Crippen LogP contribution in [-0.2, 0) is 16.0 Å². The third-order valence-corrected chi connectivity index (χ3v) is 4.82. The van der Waals surface area contributed by atoms with Crippen molar-refractivity contribution in [1.29, 1.82) is 0 Å². The predicted octanol–water partition coefficient (Wildman–Crippen LogP) is 2.54. The molecule has 0 spiro atoms. The smallest absolute Gasteiger partial charge is 0.245 e. The van der Waals surface area contributed by atoms with Crippen LogP contribution in [0.15, 0.2) is 30.3 Å². The van der Waals surface area contributed by atoms with Crippen molar-refractivity contribution in [3.05, 3.63) is 41.7 Å². The van der Waals surface area contributed by atoms with E-state index in [0.29, 0.717) is 37.9 Å². The van der Waals surface area contributed by atoms with Gasteiger partial charge in [0, 0.05) is 37.0 Å². The van der Waals surface area contributed by atoms with Gasteiger partial charge < -0.3 is 15.0 Å². The molecule has 2 aromatic rings. The number of nitrogens with one attached hydrogen (secondary N) is 1. The number of hydrogen-bond acceptors (Lipinski definition) is 6. The molecule has 134 valence electrons. The highest BCUT2D eigenvalue weighted by atomic mass is 32.1. The first kappa shape index (κ1) is 17.8. The number of hydrogen-bond donors (Lipinski definition) is 1. The number of ether oxygens (including phenoxy) is 1. The number of benzene rings is 1. The van der Waals surface area contributed by atoms with Crippen LogP contribution in [0.3, 0.4) is 0 Å². The average Bonchev–Trinajstić information content (AvgIpc) is 3.11. The topological polar surface area (TPSA) is 67.4 Å². The van der Waals surface area contributed by atoms with Gasteiger partial charge in [0.25, 0.3) is 0 Å². The van der Waals surface area contributed by atoms with E-state index in [1.54, 1.807) is 0 Å². The van der Waals surface area contributed by atoms with E-state index < -0.39 is 0 Å². The highest BCUT2D eigenvalue weighted by Gasteiger charge is 2.27. The highest BCUT2D eigenvalue weighted by molar-refractivity contribution is 7.09. The number of anilines is 1. The van der Waals surface area contributed by atoms with Gasteiger partial charge in [-0.1, -0.05) is 44.2 Å². The number of rotatable bonds is 6. The zero-order chi connectivity index (χ0) is 17.6. The van der Waals surface area contributed by atoms with E-state index in [9.17, 15) is 4.79 Å². The van der Waals surface area contributed by atoms with Crippen molar-refractivity contribution in [2.45, 2.75) is 32.2 Å². The third kappa shape index (κ3) is 4.76. The molecule has 0 aliphatic carbocycles. The molecule has 2 heterocycles. The first-order chi connectivity index (χ1) is 12.1. The van der Waals surface area contributed by atoms with Gasteiger partial charge in [-0.2, -0.15) is 4.37 Å². The van der Waals surface area contributed by atoms with E-state index in [0.717, 1.165) is 11.4 Å². The summed E-state index contributed by atoms with van der Waals surface area (Å²) in [5.74, 6) is 1.17. The molecule has 25 heavy (non-hydrogen) atoms. The molecule has 1 N–H and O–H groups in total. The molecular weight excluding hydrogens is 336 g/mol.